The van der Waals surface area contributed by atoms with Gasteiger partial charge in [0.2, 0.25) is 0 Å². The molecule has 82 valence electrons. The Labute approximate surface area is 99.4 Å². The van der Waals surface area contributed by atoms with E-state index in [1.54, 1.807) is 6.07 Å². The molecule has 0 radical (unpaired) electrons. The first kappa shape index (κ1) is 11.1. The van der Waals surface area contributed by atoms with Gasteiger partial charge in [-0.15, -0.1) is 0 Å². The molecule has 3 nitrogen and oxygen atoms in total. The number of hydrogen-bond donors (Lipinski definition) is 1. The lowest BCUT2D eigenvalue weighted by atomic mass is 10.1. The van der Waals surface area contributed by atoms with E-state index in [4.69, 9.17) is 23.2 Å². The number of nitrogens with one attached hydrogen (secondary N) is 1. The molecule has 0 amide bonds. The van der Waals surface area contributed by atoms with Crippen molar-refractivity contribution in [1.82, 2.24) is 15.2 Å². The Morgan fingerprint density at radius 1 is 1.47 bits per heavy atom. The summed E-state index contributed by atoms with van der Waals surface area (Å²) < 4.78 is 0. The second kappa shape index (κ2) is 4.66. The van der Waals surface area contributed by atoms with Gasteiger partial charge >= 0.3 is 0 Å². The van der Waals surface area contributed by atoms with Crippen LogP contribution < -0.4 is 5.32 Å². The molecule has 1 aliphatic rings. The van der Waals surface area contributed by atoms with Gasteiger partial charge in [-0.2, -0.15) is 0 Å². The van der Waals surface area contributed by atoms with E-state index in [9.17, 15) is 0 Å². The molecule has 0 saturated carbocycles. The second-order valence-corrected chi connectivity index (χ2v) is 4.46. The van der Waals surface area contributed by atoms with Crippen LogP contribution in [0.1, 0.15) is 11.6 Å². The molecule has 0 aromatic carbocycles. The van der Waals surface area contributed by atoms with E-state index in [1.165, 1.54) is 0 Å². The quantitative estimate of drug-likeness (QED) is 0.768. The first-order valence-corrected chi connectivity index (χ1v) is 5.67. The normalized spacial score (nSPS) is 23.0. The maximum absolute atomic E-state index is 6.08. The highest BCUT2D eigenvalue weighted by Crippen LogP contribution is 2.27. The predicted molar refractivity (Wildman–Crippen MR) is 62.5 cm³/mol. The van der Waals surface area contributed by atoms with E-state index in [0.717, 1.165) is 25.2 Å². The molecular weight excluding hydrogens is 233 g/mol. The first-order valence-electron chi connectivity index (χ1n) is 4.91. The zero-order valence-corrected chi connectivity index (χ0v) is 10.0. The monoisotopic (exact) mass is 245 g/mol. The van der Waals surface area contributed by atoms with E-state index in [1.807, 2.05) is 6.07 Å². The van der Waals surface area contributed by atoms with Crippen LogP contribution in [0.15, 0.2) is 12.1 Å². The fourth-order valence-corrected chi connectivity index (χ4v) is 2.30. The Morgan fingerprint density at radius 2 is 2.27 bits per heavy atom. The standard InChI is InChI=1S/C10H13Cl2N3/c1-15-5-4-13-6-8(15)7-2-3-9(11)14-10(7)12/h2-3,8,13H,4-6H2,1H3. The van der Waals surface area contributed by atoms with Crippen molar-refractivity contribution in [2.45, 2.75) is 6.04 Å². The van der Waals surface area contributed by atoms with Gasteiger partial charge in [-0.3, -0.25) is 4.90 Å². The van der Waals surface area contributed by atoms with Gasteiger partial charge in [0, 0.05) is 25.2 Å². The summed E-state index contributed by atoms with van der Waals surface area (Å²) in [7, 11) is 2.09. The maximum Gasteiger partial charge on any atom is 0.135 e. The minimum Gasteiger partial charge on any atom is -0.314 e. The molecule has 0 aliphatic carbocycles. The summed E-state index contributed by atoms with van der Waals surface area (Å²) in [6, 6.07) is 4.02. The van der Waals surface area contributed by atoms with Crippen LogP contribution in [-0.4, -0.2) is 36.6 Å². The lowest BCUT2D eigenvalue weighted by molar-refractivity contribution is 0.202. The van der Waals surface area contributed by atoms with E-state index in [-0.39, 0.29) is 6.04 Å². The molecule has 1 aromatic rings. The largest absolute Gasteiger partial charge is 0.314 e. The maximum atomic E-state index is 6.08. The topological polar surface area (TPSA) is 28.2 Å². The van der Waals surface area contributed by atoms with Gasteiger partial charge in [-0.05, 0) is 13.1 Å². The summed E-state index contributed by atoms with van der Waals surface area (Å²) in [5, 5.41) is 4.29. The van der Waals surface area contributed by atoms with Gasteiger partial charge in [0.25, 0.3) is 0 Å². The average Bonchev–Trinajstić information content (AvgIpc) is 2.20. The Balaban J connectivity index is 2.27. The van der Waals surface area contributed by atoms with Crippen LogP contribution in [0.5, 0.6) is 0 Å². The van der Waals surface area contributed by atoms with E-state index >= 15 is 0 Å². The fraction of sp³-hybridized carbons (Fsp3) is 0.500. The number of pyridine rings is 1. The molecule has 1 aliphatic heterocycles. The third kappa shape index (κ3) is 2.42. The molecule has 1 saturated heterocycles. The van der Waals surface area contributed by atoms with E-state index in [0.29, 0.717) is 10.3 Å². The molecule has 1 aromatic heterocycles. The molecule has 1 atom stereocenters. The van der Waals surface area contributed by atoms with E-state index < -0.39 is 0 Å². The van der Waals surface area contributed by atoms with Crippen molar-refractivity contribution >= 4 is 23.2 Å². The second-order valence-electron chi connectivity index (χ2n) is 3.71. The summed E-state index contributed by atoms with van der Waals surface area (Å²) in [6.07, 6.45) is 0. The average molecular weight is 246 g/mol. The van der Waals surface area contributed by atoms with Crippen LogP contribution in [0.2, 0.25) is 10.3 Å². The molecule has 2 rings (SSSR count). The van der Waals surface area contributed by atoms with Crippen molar-refractivity contribution in [2.24, 2.45) is 0 Å². The lowest BCUT2D eigenvalue weighted by Crippen LogP contribution is -2.43. The van der Waals surface area contributed by atoms with Crippen molar-refractivity contribution in [1.29, 1.82) is 0 Å². The molecule has 2 heterocycles. The van der Waals surface area contributed by atoms with Crippen LogP contribution in [-0.2, 0) is 0 Å². The Hall–Kier alpha value is -0.350. The Bertz CT molecular complexity index is 357. The van der Waals surface area contributed by atoms with Crippen molar-refractivity contribution in [3.63, 3.8) is 0 Å². The van der Waals surface area contributed by atoms with E-state index in [2.05, 4.69) is 22.2 Å². The van der Waals surface area contributed by atoms with Crippen molar-refractivity contribution in [2.75, 3.05) is 26.7 Å². The number of rotatable bonds is 1. The Kier molecular flexibility index (Phi) is 3.46. The summed E-state index contributed by atoms with van der Waals surface area (Å²) in [6.45, 7) is 2.94. The van der Waals surface area contributed by atoms with Gasteiger partial charge in [0.05, 0.1) is 6.04 Å². The number of likely N-dealkylation sites (N-methyl/N-ethyl adjacent to an activating group) is 1. The number of nitrogens with zero attached hydrogens (tertiary/aromatic N) is 2. The molecule has 5 heteroatoms. The predicted octanol–water partition coefficient (Wildman–Crippen LogP) is 1.96. The zero-order valence-electron chi connectivity index (χ0n) is 8.50. The molecule has 1 fully saturated rings. The number of piperazine rings is 1. The molecule has 15 heavy (non-hydrogen) atoms. The molecule has 0 spiro atoms. The molecular formula is C10H13Cl2N3. The number of aromatic nitrogens is 1. The highest BCUT2D eigenvalue weighted by Gasteiger charge is 2.22. The van der Waals surface area contributed by atoms with Gasteiger partial charge in [-0.25, -0.2) is 4.98 Å². The van der Waals surface area contributed by atoms with Gasteiger partial charge < -0.3 is 5.32 Å². The van der Waals surface area contributed by atoms with Crippen LogP contribution in [0.25, 0.3) is 0 Å². The highest BCUT2D eigenvalue weighted by molar-refractivity contribution is 6.32. The number of halogens is 2. The summed E-state index contributed by atoms with van der Waals surface area (Å²) in [5.41, 5.74) is 1.04. The minimum atomic E-state index is 0.288. The number of hydrogen-bond acceptors (Lipinski definition) is 3. The first-order chi connectivity index (χ1) is 7.18. The molecule has 1 unspecified atom stereocenters. The smallest absolute Gasteiger partial charge is 0.135 e. The van der Waals surface area contributed by atoms with Crippen LogP contribution in [0.4, 0.5) is 0 Å². The Morgan fingerprint density at radius 3 is 2.93 bits per heavy atom. The molecule has 1 N–H and O–H groups in total. The lowest BCUT2D eigenvalue weighted by Gasteiger charge is -2.33. The van der Waals surface area contributed by atoms with Crippen molar-refractivity contribution in [3.8, 4) is 0 Å². The van der Waals surface area contributed by atoms with Crippen LogP contribution in [0, 0.1) is 0 Å². The van der Waals surface area contributed by atoms with Gasteiger partial charge in [-0.1, -0.05) is 29.3 Å². The van der Waals surface area contributed by atoms with Gasteiger partial charge in [0.1, 0.15) is 10.3 Å². The van der Waals surface area contributed by atoms with Crippen LogP contribution in [0.3, 0.4) is 0 Å². The minimum absolute atomic E-state index is 0.288. The summed E-state index contributed by atoms with van der Waals surface area (Å²) in [4.78, 5) is 6.33. The SMILES string of the molecule is CN1CCNCC1c1ccc(Cl)nc1Cl. The third-order valence-electron chi connectivity index (χ3n) is 2.71. The van der Waals surface area contributed by atoms with Crippen molar-refractivity contribution < 1.29 is 0 Å². The summed E-state index contributed by atoms with van der Waals surface area (Å²) >= 11 is 11.8. The summed E-state index contributed by atoms with van der Waals surface area (Å²) in [5.74, 6) is 0. The zero-order chi connectivity index (χ0) is 10.8. The fourth-order valence-electron chi connectivity index (χ4n) is 1.82. The van der Waals surface area contributed by atoms with Gasteiger partial charge in [0.15, 0.2) is 0 Å². The highest BCUT2D eigenvalue weighted by atomic mass is 35.5. The molecule has 0 bridgehead atoms. The van der Waals surface area contributed by atoms with Crippen molar-refractivity contribution in [3.05, 3.63) is 28.0 Å². The van der Waals surface area contributed by atoms with Crippen LogP contribution >= 0.6 is 23.2 Å². The third-order valence-corrected chi connectivity index (χ3v) is 3.23.